The largest absolute Gasteiger partial charge is 0.192 e. The Kier molecular flexibility index (Phi) is 3.11. The Hall–Kier alpha value is -0.130. The summed E-state index contributed by atoms with van der Waals surface area (Å²) in [6.45, 7) is 0. The quantitative estimate of drug-likeness (QED) is 0.485. The highest BCUT2D eigenvalue weighted by Gasteiger charge is 1.99. The second-order valence-electron chi connectivity index (χ2n) is 1.71. The standard InChI is InChI=1S/C7H5INP/c8-7-5-10-3-1-2-6(7)4-9/h1-3,5,10H. The van der Waals surface area contributed by atoms with Crippen LogP contribution in [0.25, 0.3) is 0 Å². The second kappa shape index (κ2) is 3.90. The van der Waals surface area contributed by atoms with Crippen molar-refractivity contribution in [1.82, 2.24) is 0 Å². The van der Waals surface area contributed by atoms with Gasteiger partial charge in [0, 0.05) is 3.58 Å². The molecule has 1 rings (SSSR count). The van der Waals surface area contributed by atoms with E-state index in [1.54, 1.807) is 0 Å². The Labute approximate surface area is 75.4 Å². The van der Waals surface area contributed by atoms with Gasteiger partial charge in [-0.3, -0.25) is 0 Å². The number of hydrogen-bond acceptors (Lipinski definition) is 1. The van der Waals surface area contributed by atoms with Crippen LogP contribution in [0.3, 0.4) is 0 Å². The minimum atomic E-state index is 0.711. The van der Waals surface area contributed by atoms with E-state index < -0.39 is 0 Å². The van der Waals surface area contributed by atoms with Crippen molar-refractivity contribution < 1.29 is 0 Å². The molecule has 0 fully saturated rings. The zero-order valence-electron chi connectivity index (χ0n) is 5.13. The fourth-order valence-corrected chi connectivity index (χ4v) is 2.01. The lowest BCUT2D eigenvalue weighted by atomic mass is 10.3. The van der Waals surface area contributed by atoms with Crippen LogP contribution in [-0.4, -0.2) is 0 Å². The van der Waals surface area contributed by atoms with E-state index in [1.165, 1.54) is 0 Å². The minimum absolute atomic E-state index is 0.711. The summed E-state index contributed by atoms with van der Waals surface area (Å²) in [7, 11) is 0.711. The summed E-state index contributed by atoms with van der Waals surface area (Å²) in [5.74, 6) is 4.13. The summed E-state index contributed by atoms with van der Waals surface area (Å²) in [5, 5.41) is 8.59. The Morgan fingerprint density at radius 3 is 3.10 bits per heavy atom. The maximum absolute atomic E-state index is 8.59. The summed E-state index contributed by atoms with van der Waals surface area (Å²) in [6, 6.07) is 2.13. The highest BCUT2D eigenvalue weighted by molar-refractivity contribution is 14.1. The van der Waals surface area contributed by atoms with E-state index in [2.05, 4.69) is 40.3 Å². The molecule has 1 unspecified atom stereocenters. The molecule has 0 aromatic rings. The average molecular weight is 261 g/mol. The van der Waals surface area contributed by atoms with Crippen molar-refractivity contribution in [3.05, 3.63) is 32.9 Å². The van der Waals surface area contributed by atoms with Crippen molar-refractivity contribution in [2.75, 3.05) is 0 Å². The van der Waals surface area contributed by atoms with Gasteiger partial charge >= 0.3 is 0 Å². The first-order valence-corrected chi connectivity index (χ1v) is 4.97. The van der Waals surface area contributed by atoms with E-state index in [4.69, 9.17) is 5.26 Å². The number of rotatable bonds is 0. The molecule has 0 radical (unpaired) electrons. The number of hydrogen-bond donors (Lipinski definition) is 0. The van der Waals surface area contributed by atoms with Crippen LogP contribution in [0.4, 0.5) is 0 Å². The van der Waals surface area contributed by atoms with Crippen LogP contribution in [-0.2, 0) is 0 Å². The summed E-state index contributed by atoms with van der Waals surface area (Å²) >= 11 is 2.18. The van der Waals surface area contributed by atoms with E-state index in [-0.39, 0.29) is 0 Å². The number of nitriles is 1. The number of halogens is 1. The molecule has 1 heterocycles. The molecule has 0 saturated heterocycles. The highest BCUT2D eigenvalue weighted by Crippen LogP contribution is 2.28. The highest BCUT2D eigenvalue weighted by atomic mass is 127. The molecule has 0 aromatic carbocycles. The third-order valence-corrected chi connectivity index (χ3v) is 3.36. The molecule has 0 aliphatic carbocycles. The van der Waals surface area contributed by atoms with Crippen molar-refractivity contribution in [2.45, 2.75) is 0 Å². The summed E-state index contributed by atoms with van der Waals surface area (Å²) in [5.41, 5.74) is 0.766. The lowest BCUT2D eigenvalue weighted by Crippen LogP contribution is -1.73. The SMILES string of the molecule is N#CC1=CC=CPC=C1I. The molecule has 0 saturated carbocycles. The summed E-state index contributed by atoms with van der Waals surface area (Å²) in [6.07, 6.45) is 3.78. The van der Waals surface area contributed by atoms with Crippen LogP contribution in [0.5, 0.6) is 0 Å². The molecule has 1 aliphatic rings. The van der Waals surface area contributed by atoms with Crippen LogP contribution < -0.4 is 0 Å². The third-order valence-electron chi connectivity index (χ3n) is 1.04. The molecule has 0 bridgehead atoms. The van der Waals surface area contributed by atoms with Gasteiger partial charge in [0.25, 0.3) is 0 Å². The average Bonchev–Trinajstić information content (AvgIpc) is 2.13. The molecule has 0 spiro atoms. The van der Waals surface area contributed by atoms with Gasteiger partial charge in [0.2, 0.25) is 0 Å². The molecular formula is C7H5INP. The third kappa shape index (κ3) is 1.93. The zero-order chi connectivity index (χ0) is 7.40. The van der Waals surface area contributed by atoms with E-state index in [1.807, 2.05) is 12.2 Å². The van der Waals surface area contributed by atoms with Crippen molar-refractivity contribution in [1.29, 1.82) is 5.26 Å². The first kappa shape index (κ1) is 7.97. The molecule has 0 N–H and O–H groups in total. The van der Waals surface area contributed by atoms with Crippen LogP contribution >= 0.6 is 31.2 Å². The molecule has 1 nitrogen and oxygen atoms in total. The Balaban J connectivity index is 2.96. The fraction of sp³-hybridized carbons (Fsp3) is 0. The second-order valence-corrected chi connectivity index (χ2v) is 3.83. The van der Waals surface area contributed by atoms with Gasteiger partial charge in [0.1, 0.15) is 6.07 Å². The summed E-state index contributed by atoms with van der Waals surface area (Å²) < 4.78 is 1.06. The molecule has 50 valence electrons. The molecule has 1 aliphatic heterocycles. The van der Waals surface area contributed by atoms with E-state index in [0.717, 1.165) is 9.15 Å². The molecule has 1 atom stereocenters. The molecule has 10 heavy (non-hydrogen) atoms. The van der Waals surface area contributed by atoms with Crippen LogP contribution in [0.2, 0.25) is 0 Å². The predicted octanol–water partition coefficient (Wildman–Crippen LogP) is 2.92. The van der Waals surface area contributed by atoms with Gasteiger partial charge in [-0.1, -0.05) is 20.5 Å². The van der Waals surface area contributed by atoms with Crippen molar-refractivity contribution in [2.24, 2.45) is 0 Å². The van der Waals surface area contributed by atoms with Gasteiger partial charge in [-0.2, -0.15) is 5.26 Å². The number of nitrogens with zero attached hydrogens (tertiary/aromatic N) is 1. The van der Waals surface area contributed by atoms with Crippen LogP contribution in [0.15, 0.2) is 32.9 Å². The Morgan fingerprint density at radius 2 is 2.40 bits per heavy atom. The van der Waals surface area contributed by atoms with Gasteiger partial charge in [-0.25, -0.2) is 0 Å². The van der Waals surface area contributed by atoms with Gasteiger partial charge in [0.05, 0.1) is 5.57 Å². The monoisotopic (exact) mass is 261 g/mol. The Bertz CT molecular complexity index is 257. The van der Waals surface area contributed by atoms with Crippen LogP contribution in [0, 0.1) is 11.3 Å². The molecular weight excluding hydrogens is 256 g/mol. The topological polar surface area (TPSA) is 23.8 Å². The lowest BCUT2D eigenvalue weighted by molar-refractivity contribution is 1.50. The normalized spacial score (nSPS) is 19.2. The fourth-order valence-electron chi connectivity index (χ4n) is 0.569. The van der Waals surface area contributed by atoms with E-state index in [9.17, 15) is 0 Å². The Morgan fingerprint density at radius 1 is 1.60 bits per heavy atom. The summed E-state index contributed by atoms with van der Waals surface area (Å²) in [4.78, 5) is 0. The van der Waals surface area contributed by atoms with E-state index >= 15 is 0 Å². The first-order valence-electron chi connectivity index (χ1n) is 2.73. The maximum Gasteiger partial charge on any atom is 0.100 e. The van der Waals surface area contributed by atoms with Gasteiger partial charge < -0.3 is 0 Å². The van der Waals surface area contributed by atoms with Crippen molar-refractivity contribution >= 4 is 31.2 Å². The zero-order valence-corrected chi connectivity index (χ0v) is 8.29. The van der Waals surface area contributed by atoms with Crippen LogP contribution in [0.1, 0.15) is 0 Å². The minimum Gasteiger partial charge on any atom is -0.192 e. The molecule has 3 heteroatoms. The van der Waals surface area contributed by atoms with Crippen molar-refractivity contribution in [3.63, 3.8) is 0 Å². The predicted molar refractivity (Wildman–Crippen MR) is 53.3 cm³/mol. The smallest absolute Gasteiger partial charge is 0.100 e. The first-order chi connectivity index (χ1) is 4.84. The molecule has 0 amide bonds. The number of allylic oxidation sites excluding steroid dienone is 4. The van der Waals surface area contributed by atoms with E-state index in [0.29, 0.717) is 8.58 Å². The van der Waals surface area contributed by atoms with Gasteiger partial charge in [-0.05, 0) is 34.5 Å². The molecule has 0 aromatic heterocycles. The lowest BCUT2D eigenvalue weighted by Gasteiger charge is -1.89. The van der Waals surface area contributed by atoms with Gasteiger partial charge in [0.15, 0.2) is 0 Å². The van der Waals surface area contributed by atoms with Gasteiger partial charge in [-0.15, -0.1) is 0 Å². The maximum atomic E-state index is 8.59. The van der Waals surface area contributed by atoms with Crippen molar-refractivity contribution in [3.8, 4) is 6.07 Å².